The molecule has 1 saturated carbocycles. The zero-order chi connectivity index (χ0) is 16.4. The maximum atomic E-state index is 12.3. The van der Waals surface area contributed by atoms with Gasteiger partial charge in [0.2, 0.25) is 5.91 Å². The Balaban J connectivity index is 1.72. The molecule has 4 heteroatoms. The third-order valence-electron chi connectivity index (χ3n) is 4.78. The highest BCUT2D eigenvalue weighted by atomic mass is 16.1. The van der Waals surface area contributed by atoms with Crippen LogP contribution >= 0.6 is 0 Å². The molecule has 23 heavy (non-hydrogen) atoms. The second-order valence-electron chi connectivity index (χ2n) is 7.03. The largest absolute Gasteiger partial charge is 0.353 e. The predicted molar refractivity (Wildman–Crippen MR) is 93.6 cm³/mol. The molecule has 2 aromatic rings. The van der Waals surface area contributed by atoms with Crippen LogP contribution in [0.1, 0.15) is 63.4 Å². The number of rotatable bonds is 4. The summed E-state index contributed by atoms with van der Waals surface area (Å²) in [6.07, 6.45) is 6.48. The summed E-state index contributed by atoms with van der Waals surface area (Å²) in [7, 11) is 0. The van der Waals surface area contributed by atoms with Crippen molar-refractivity contribution in [1.82, 2.24) is 14.9 Å². The Labute approximate surface area is 138 Å². The van der Waals surface area contributed by atoms with E-state index in [2.05, 4.69) is 46.9 Å². The Morgan fingerprint density at radius 1 is 1.30 bits per heavy atom. The standard InChI is InChI=1S/C19H27N3O/c1-13(2)22-14(3)20-17-11-15(9-10-18(17)22)12-19(23)21-16-7-5-4-6-8-16/h9-11,13,16H,4-8,12H2,1-3H3,(H,21,23). The van der Waals surface area contributed by atoms with E-state index >= 15 is 0 Å². The SMILES string of the molecule is Cc1nc2cc(CC(=O)NC3CCCCC3)ccc2n1C(C)C. The molecule has 1 aliphatic carbocycles. The van der Waals surface area contributed by atoms with Gasteiger partial charge in [-0.05, 0) is 51.3 Å². The van der Waals surface area contributed by atoms with Crippen LogP contribution in [0, 0.1) is 6.92 Å². The molecule has 3 rings (SSSR count). The van der Waals surface area contributed by atoms with Crippen molar-refractivity contribution in [2.75, 3.05) is 0 Å². The highest BCUT2D eigenvalue weighted by Crippen LogP contribution is 2.22. The molecule has 0 aliphatic heterocycles. The van der Waals surface area contributed by atoms with Gasteiger partial charge in [-0.15, -0.1) is 0 Å². The molecular weight excluding hydrogens is 286 g/mol. The minimum Gasteiger partial charge on any atom is -0.353 e. The van der Waals surface area contributed by atoms with E-state index in [0.717, 1.165) is 35.3 Å². The van der Waals surface area contributed by atoms with E-state index in [1.165, 1.54) is 19.3 Å². The topological polar surface area (TPSA) is 46.9 Å². The maximum absolute atomic E-state index is 12.3. The van der Waals surface area contributed by atoms with Crippen LogP contribution in [-0.4, -0.2) is 21.5 Å². The first kappa shape index (κ1) is 16.0. The summed E-state index contributed by atoms with van der Waals surface area (Å²) in [4.78, 5) is 16.9. The number of imidazole rings is 1. The molecule has 1 aromatic heterocycles. The lowest BCUT2D eigenvalue weighted by molar-refractivity contribution is -0.121. The first-order valence-corrected chi connectivity index (χ1v) is 8.81. The Bertz CT molecular complexity index is 696. The molecule has 0 bridgehead atoms. The van der Waals surface area contributed by atoms with E-state index in [1.807, 2.05) is 6.92 Å². The first-order chi connectivity index (χ1) is 11.0. The van der Waals surface area contributed by atoms with Crippen molar-refractivity contribution in [1.29, 1.82) is 0 Å². The van der Waals surface area contributed by atoms with Crippen molar-refractivity contribution in [2.24, 2.45) is 0 Å². The van der Waals surface area contributed by atoms with Crippen molar-refractivity contribution >= 4 is 16.9 Å². The summed E-state index contributed by atoms with van der Waals surface area (Å²) in [6.45, 7) is 6.37. The Hall–Kier alpha value is -1.84. The van der Waals surface area contributed by atoms with Crippen molar-refractivity contribution in [3.63, 3.8) is 0 Å². The van der Waals surface area contributed by atoms with Gasteiger partial charge < -0.3 is 9.88 Å². The summed E-state index contributed by atoms with van der Waals surface area (Å²) in [5.41, 5.74) is 3.17. The van der Waals surface area contributed by atoms with Gasteiger partial charge in [-0.2, -0.15) is 0 Å². The van der Waals surface area contributed by atoms with Gasteiger partial charge in [-0.1, -0.05) is 25.3 Å². The van der Waals surface area contributed by atoms with Crippen molar-refractivity contribution in [3.8, 4) is 0 Å². The van der Waals surface area contributed by atoms with E-state index in [9.17, 15) is 4.79 Å². The zero-order valence-corrected chi connectivity index (χ0v) is 14.4. The fraction of sp³-hybridized carbons (Fsp3) is 0.579. The average Bonchev–Trinajstić information content (AvgIpc) is 2.83. The van der Waals surface area contributed by atoms with E-state index in [0.29, 0.717) is 18.5 Å². The summed E-state index contributed by atoms with van der Waals surface area (Å²) in [6, 6.07) is 6.98. The van der Waals surface area contributed by atoms with Crippen LogP contribution in [0.15, 0.2) is 18.2 Å². The van der Waals surface area contributed by atoms with Gasteiger partial charge in [0.1, 0.15) is 5.82 Å². The second kappa shape index (κ2) is 6.73. The fourth-order valence-corrected chi connectivity index (χ4v) is 3.74. The molecule has 1 fully saturated rings. The van der Waals surface area contributed by atoms with Crippen molar-refractivity contribution in [2.45, 2.75) is 71.4 Å². The summed E-state index contributed by atoms with van der Waals surface area (Å²) in [5, 5.41) is 3.19. The van der Waals surface area contributed by atoms with Gasteiger partial charge in [-0.25, -0.2) is 4.98 Å². The molecule has 1 amide bonds. The van der Waals surface area contributed by atoms with E-state index in [1.54, 1.807) is 0 Å². The Morgan fingerprint density at radius 3 is 2.74 bits per heavy atom. The van der Waals surface area contributed by atoms with Crippen LogP contribution in [0.5, 0.6) is 0 Å². The molecule has 1 aromatic carbocycles. The molecule has 0 unspecified atom stereocenters. The van der Waals surface area contributed by atoms with Crippen LogP contribution in [0.4, 0.5) is 0 Å². The number of aromatic nitrogens is 2. The molecule has 1 aliphatic rings. The molecule has 4 nitrogen and oxygen atoms in total. The number of nitrogens with zero attached hydrogens (tertiary/aromatic N) is 2. The van der Waals surface area contributed by atoms with Crippen LogP contribution in [-0.2, 0) is 11.2 Å². The van der Waals surface area contributed by atoms with E-state index in [4.69, 9.17) is 0 Å². The number of aryl methyl sites for hydroxylation is 1. The van der Waals surface area contributed by atoms with Gasteiger partial charge in [0.15, 0.2) is 0 Å². The number of benzene rings is 1. The molecule has 124 valence electrons. The predicted octanol–water partition coefficient (Wildman–Crippen LogP) is 3.92. The van der Waals surface area contributed by atoms with Crippen LogP contribution in [0.2, 0.25) is 0 Å². The Morgan fingerprint density at radius 2 is 2.04 bits per heavy atom. The molecular formula is C19H27N3O. The summed E-state index contributed by atoms with van der Waals surface area (Å²) in [5.74, 6) is 1.16. The third-order valence-corrected chi connectivity index (χ3v) is 4.78. The first-order valence-electron chi connectivity index (χ1n) is 8.81. The molecule has 1 heterocycles. The van der Waals surface area contributed by atoms with Gasteiger partial charge in [0, 0.05) is 12.1 Å². The monoisotopic (exact) mass is 313 g/mol. The minimum atomic E-state index is 0.135. The number of carbonyl (C=O) groups excluding carboxylic acids is 1. The lowest BCUT2D eigenvalue weighted by Crippen LogP contribution is -2.37. The molecule has 0 saturated heterocycles. The number of nitrogens with one attached hydrogen (secondary N) is 1. The fourth-order valence-electron chi connectivity index (χ4n) is 3.74. The lowest BCUT2D eigenvalue weighted by atomic mass is 9.95. The van der Waals surface area contributed by atoms with Gasteiger partial charge in [0.25, 0.3) is 0 Å². The van der Waals surface area contributed by atoms with Crippen molar-refractivity contribution < 1.29 is 4.79 Å². The van der Waals surface area contributed by atoms with Crippen LogP contribution < -0.4 is 5.32 Å². The highest BCUT2D eigenvalue weighted by Gasteiger charge is 2.16. The van der Waals surface area contributed by atoms with Gasteiger partial charge in [-0.3, -0.25) is 4.79 Å². The Kier molecular flexibility index (Phi) is 4.69. The molecule has 0 atom stereocenters. The van der Waals surface area contributed by atoms with Crippen LogP contribution in [0.3, 0.4) is 0 Å². The van der Waals surface area contributed by atoms with Gasteiger partial charge >= 0.3 is 0 Å². The highest BCUT2D eigenvalue weighted by molar-refractivity contribution is 5.82. The minimum absolute atomic E-state index is 0.135. The molecule has 0 spiro atoms. The molecule has 0 radical (unpaired) electrons. The maximum Gasteiger partial charge on any atom is 0.224 e. The quantitative estimate of drug-likeness (QED) is 0.930. The van der Waals surface area contributed by atoms with Crippen molar-refractivity contribution in [3.05, 3.63) is 29.6 Å². The van der Waals surface area contributed by atoms with Crippen LogP contribution in [0.25, 0.3) is 11.0 Å². The second-order valence-corrected chi connectivity index (χ2v) is 7.03. The summed E-state index contributed by atoms with van der Waals surface area (Å²) >= 11 is 0. The number of hydrogen-bond donors (Lipinski definition) is 1. The zero-order valence-electron chi connectivity index (χ0n) is 14.4. The normalized spacial score (nSPS) is 16.2. The number of amides is 1. The summed E-state index contributed by atoms with van der Waals surface area (Å²) < 4.78 is 2.24. The van der Waals surface area contributed by atoms with Gasteiger partial charge in [0.05, 0.1) is 17.5 Å². The van der Waals surface area contributed by atoms with E-state index < -0.39 is 0 Å². The number of carbonyl (C=O) groups is 1. The number of hydrogen-bond acceptors (Lipinski definition) is 2. The average molecular weight is 313 g/mol. The molecule has 1 N–H and O–H groups in total. The number of fused-ring (bicyclic) bond motifs is 1. The van der Waals surface area contributed by atoms with E-state index in [-0.39, 0.29) is 5.91 Å². The third kappa shape index (κ3) is 3.57. The lowest BCUT2D eigenvalue weighted by Gasteiger charge is -2.22. The smallest absolute Gasteiger partial charge is 0.224 e.